The van der Waals surface area contributed by atoms with Gasteiger partial charge in [-0.3, -0.25) is 9.59 Å². The second kappa shape index (κ2) is 7.82. The molecule has 5 heteroatoms. The fraction of sp³-hybridized carbons (Fsp3) is 0.529. The number of carboxylic acid groups (broad SMARTS) is 1. The van der Waals surface area contributed by atoms with Gasteiger partial charge in [-0.25, -0.2) is 0 Å². The van der Waals surface area contributed by atoms with Gasteiger partial charge >= 0.3 is 5.97 Å². The second-order valence-electron chi connectivity index (χ2n) is 6.32. The van der Waals surface area contributed by atoms with Gasteiger partial charge in [0, 0.05) is 13.0 Å². The van der Waals surface area contributed by atoms with E-state index in [0.29, 0.717) is 18.7 Å². The Kier molecular flexibility index (Phi) is 6.40. The number of nitrogens with one attached hydrogen (secondary N) is 1. The Labute approximate surface area is 131 Å². The molecule has 0 spiro atoms. The van der Waals surface area contributed by atoms with Crippen LogP contribution in [0.25, 0.3) is 0 Å². The van der Waals surface area contributed by atoms with E-state index in [4.69, 9.17) is 9.84 Å². The van der Waals surface area contributed by atoms with Crippen molar-refractivity contribution in [1.82, 2.24) is 5.32 Å². The Balaban J connectivity index is 2.45. The van der Waals surface area contributed by atoms with E-state index in [9.17, 15) is 9.59 Å². The molecule has 0 radical (unpaired) electrons. The van der Waals surface area contributed by atoms with Crippen LogP contribution in [0.5, 0.6) is 5.75 Å². The topological polar surface area (TPSA) is 75.6 Å². The highest BCUT2D eigenvalue weighted by Gasteiger charge is 2.16. The number of carbonyl (C=O) groups is 2. The summed E-state index contributed by atoms with van der Waals surface area (Å²) in [7, 11) is 0. The zero-order chi connectivity index (χ0) is 16.8. The maximum Gasteiger partial charge on any atom is 0.303 e. The average Bonchev–Trinajstić information content (AvgIpc) is 2.42. The molecule has 1 rings (SSSR count). The molecule has 0 aliphatic rings. The highest BCUT2D eigenvalue weighted by molar-refractivity contribution is 5.80. The zero-order valence-corrected chi connectivity index (χ0v) is 13.7. The first kappa shape index (κ1) is 18.0. The predicted octanol–water partition coefficient (Wildman–Crippen LogP) is 2.73. The van der Waals surface area contributed by atoms with Gasteiger partial charge in [-0.15, -0.1) is 0 Å². The van der Waals surface area contributed by atoms with Crippen molar-refractivity contribution in [2.45, 2.75) is 52.1 Å². The molecule has 0 bridgehead atoms. The lowest BCUT2D eigenvalue weighted by atomic mass is 9.87. The minimum Gasteiger partial charge on any atom is -0.481 e. The standard InChI is InChI=1S/C17H25NO4/c1-12(16(21)18-11-5-6-15(19)20)22-14-9-7-13(8-10-14)17(2,3)4/h7-10,12H,5-6,11H2,1-4H3,(H,18,21)(H,19,20). The molecule has 22 heavy (non-hydrogen) atoms. The van der Waals surface area contributed by atoms with E-state index in [2.05, 4.69) is 26.1 Å². The zero-order valence-electron chi connectivity index (χ0n) is 13.7. The highest BCUT2D eigenvalue weighted by atomic mass is 16.5. The molecule has 0 aliphatic carbocycles. The molecule has 1 aromatic carbocycles. The van der Waals surface area contributed by atoms with Crippen LogP contribution in [-0.2, 0) is 15.0 Å². The lowest BCUT2D eigenvalue weighted by Gasteiger charge is -2.20. The van der Waals surface area contributed by atoms with Crippen molar-refractivity contribution < 1.29 is 19.4 Å². The molecule has 122 valence electrons. The average molecular weight is 307 g/mol. The number of benzene rings is 1. The minimum absolute atomic E-state index is 0.0454. The maximum atomic E-state index is 11.8. The molecule has 0 fully saturated rings. The van der Waals surface area contributed by atoms with Crippen LogP contribution in [-0.4, -0.2) is 29.6 Å². The third-order valence-electron chi connectivity index (χ3n) is 3.27. The molecule has 0 saturated heterocycles. The molecule has 1 atom stereocenters. The second-order valence-corrected chi connectivity index (χ2v) is 6.32. The van der Waals surface area contributed by atoms with Crippen LogP contribution >= 0.6 is 0 Å². The Bertz CT molecular complexity index is 502. The molecule has 2 N–H and O–H groups in total. The first-order valence-electron chi connectivity index (χ1n) is 7.47. The molecule has 0 aromatic heterocycles. The van der Waals surface area contributed by atoms with Crippen molar-refractivity contribution in [2.24, 2.45) is 0 Å². The number of aliphatic carboxylic acids is 1. The Morgan fingerprint density at radius 3 is 2.32 bits per heavy atom. The first-order chi connectivity index (χ1) is 10.2. The lowest BCUT2D eigenvalue weighted by Crippen LogP contribution is -2.36. The fourth-order valence-corrected chi connectivity index (χ4v) is 1.89. The summed E-state index contributed by atoms with van der Waals surface area (Å²) < 4.78 is 5.59. The van der Waals surface area contributed by atoms with Gasteiger partial charge in [-0.1, -0.05) is 32.9 Å². The summed E-state index contributed by atoms with van der Waals surface area (Å²) in [6.45, 7) is 8.41. The van der Waals surface area contributed by atoms with Gasteiger partial charge in [-0.05, 0) is 36.5 Å². The third kappa shape index (κ3) is 6.16. The Hall–Kier alpha value is -2.04. The van der Waals surface area contributed by atoms with Gasteiger partial charge in [0.2, 0.25) is 0 Å². The van der Waals surface area contributed by atoms with E-state index >= 15 is 0 Å². The quantitative estimate of drug-likeness (QED) is 0.759. The molecule has 1 aromatic rings. The van der Waals surface area contributed by atoms with E-state index in [-0.39, 0.29) is 17.7 Å². The SMILES string of the molecule is CC(Oc1ccc(C(C)(C)C)cc1)C(=O)NCCCC(=O)O. The summed E-state index contributed by atoms with van der Waals surface area (Å²) >= 11 is 0. The Morgan fingerprint density at radius 2 is 1.82 bits per heavy atom. The van der Waals surface area contributed by atoms with Crippen molar-refractivity contribution in [2.75, 3.05) is 6.54 Å². The van der Waals surface area contributed by atoms with E-state index in [1.54, 1.807) is 6.92 Å². The summed E-state index contributed by atoms with van der Waals surface area (Å²) in [5.74, 6) is -0.469. The summed E-state index contributed by atoms with van der Waals surface area (Å²) in [6.07, 6.45) is -0.164. The van der Waals surface area contributed by atoms with Gasteiger partial charge < -0.3 is 15.2 Å². The molecular weight excluding hydrogens is 282 g/mol. The van der Waals surface area contributed by atoms with E-state index in [0.717, 1.165) is 0 Å². The van der Waals surface area contributed by atoms with Gasteiger partial charge in [0.05, 0.1) is 0 Å². The predicted molar refractivity (Wildman–Crippen MR) is 85.1 cm³/mol. The minimum atomic E-state index is -0.863. The van der Waals surface area contributed by atoms with Crippen LogP contribution in [0.4, 0.5) is 0 Å². The van der Waals surface area contributed by atoms with Crippen LogP contribution in [0.3, 0.4) is 0 Å². The van der Waals surface area contributed by atoms with Gasteiger partial charge in [0.25, 0.3) is 5.91 Å². The summed E-state index contributed by atoms with van der Waals surface area (Å²) in [6, 6.07) is 7.70. The molecule has 1 unspecified atom stereocenters. The van der Waals surface area contributed by atoms with Crippen molar-refractivity contribution in [3.05, 3.63) is 29.8 Å². The summed E-state index contributed by atoms with van der Waals surface area (Å²) in [4.78, 5) is 22.2. The number of rotatable bonds is 7. The molecule has 5 nitrogen and oxygen atoms in total. The molecule has 1 amide bonds. The number of carboxylic acids is 1. The van der Waals surface area contributed by atoms with Crippen molar-refractivity contribution >= 4 is 11.9 Å². The van der Waals surface area contributed by atoms with Gasteiger partial charge in [0.15, 0.2) is 6.10 Å². The molecular formula is C17H25NO4. The number of carbonyl (C=O) groups excluding carboxylic acids is 1. The van der Waals surface area contributed by atoms with Gasteiger partial charge in [-0.2, -0.15) is 0 Å². The molecule has 0 aliphatic heterocycles. The van der Waals surface area contributed by atoms with Crippen LogP contribution in [0.15, 0.2) is 24.3 Å². The largest absolute Gasteiger partial charge is 0.481 e. The van der Waals surface area contributed by atoms with Gasteiger partial charge in [0.1, 0.15) is 5.75 Å². The third-order valence-corrected chi connectivity index (χ3v) is 3.27. The van der Waals surface area contributed by atoms with E-state index in [1.807, 2.05) is 24.3 Å². The number of amides is 1. The van der Waals surface area contributed by atoms with Crippen molar-refractivity contribution in [1.29, 1.82) is 0 Å². The van der Waals surface area contributed by atoms with E-state index in [1.165, 1.54) is 5.56 Å². The summed E-state index contributed by atoms with van der Waals surface area (Å²) in [5.41, 5.74) is 1.27. The summed E-state index contributed by atoms with van der Waals surface area (Å²) in [5, 5.41) is 11.2. The molecule has 0 saturated carbocycles. The lowest BCUT2D eigenvalue weighted by molar-refractivity contribution is -0.137. The molecule has 0 heterocycles. The van der Waals surface area contributed by atoms with Crippen molar-refractivity contribution in [3.63, 3.8) is 0 Å². The first-order valence-corrected chi connectivity index (χ1v) is 7.47. The van der Waals surface area contributed by atoms with E-state index < -0.39 is 12.1 Å². The van der Waals surface area contributed by atoms with Crippen LogP contribution in [0, 0.1) is 0 Å². The maximum absolute atomic E-state index is 11.8. The smallest absolute Gasteiger partial charge is 0.303 e. The number of hydrogen-bond donors (Lipinski definition) is 2. The normalized spacial score (nSPS) is 12.5. The Morgan fingerprint density at radius 1 is 1.23 bits per heavy atom. The number of hydrogen-bond acceptors (Lipinski definition) is 3. The highest BCUT2D eigenvalue weighted by Crippen LogP contribution is 2.24. The van der Waals surface area contributed by atoms with Crippen LogP contribution in [0.1, 0.15) is 46.1 Å². The van der Waals surface area contributed by atoms with Crippen molar-refractivity contribution in [3.8, 4) is 5.75 Å². The number of ether oxygens (including phenoxy) is 1. The fourth-order valence-electron chi connectivity index (χ4n) is 1.89. The van der Waals surface area contributed by atoms with Crippen LogP contribution in [0.2, 0.25) is 0 Å². The van der Waals surface area contributed by atoms with Crippen LogP contribution < -0.4 is 10.1 Å². The monoisotopic (exact) mass is 307 g/mol.